The number of amides is 1. The Hall–Kier alpha value is -3.13. The molecule has 8 heteroatoms. The Kier molecular flexibility index (Phi) is 5.08. The highest BCUT2D eigenvalue weighted by Crippen LogP contribution is 2.45. The molecule has 33 heavy (non-hydrogen) atoms. The summed E-state index contributed by atoms with van der Waals surface area (Å²) in [6.45, 7) is 4.15. The Bertz CT molecular complexity index is 1320. The lowest BCUT2D eigenvalue weighted by Crippen LogP contribution is -2.50. The molecule has 3 heterocycles. The number of aromatic nitrogens is 1. The molecule has 0 saturated carbocycles. The van der Waals surface area contributed by atoms with Crippen molar-refractivity contribution in [1.29, 1.82) is 0 Å². The standard InChI is InChI=1S/C25H25FN2O4S/c1-17(2)33(30,31)19-9-7-18(8-10-19)24(29)27-15-13-25(14-16-27)22-11-12-23(26)28(22)20-5-3-4-6-21(20)32-25/h3-12,17H,13-16H2,1-2H3. The van der Waals surface area contributed by atoms with Gasteiger partial charge in [0.15, 0.2) is 21.4 Å². The fraction of sp³-hybridized carbons (Fsp3) is 0.320. The van der Waals surface area contributed by atoms with E-state index in [-0.39, 0.29) is 16.8 Å². The van der Waals surface area contributed by atoms with Crippen molar-refractivity contribution in [2.45, 2.75) is 42.4 Å². The maximum Gasteiger partial charge on any atom is 0.253 e. The zero-order chi connectivity index (χ0) is 23.4. The summed E-state index contributed by atoms with van der Waals surface area (Å²) in [7, 11) is -3.39. The summed E-state index contributed by atoms with van der Waals surface area (Å²) >= 11 is 0. The molecule has 0 atom stereocenters. The van der Waals surface area contributed by atoms with Gasteiger partial charge in [0.25, 0.3) is 5.91 Å². The van der Waals surface area contributed by atoms with Crippen molar-refractivity contribution in [1.82, 2.24) is 9.47 Å². The first-order valence-electron chi connectivity index (χ1n) is 11.0. The number of halogens is 1. The SMILES string of the molecule is CC(C)S(=O)(=O)c1ccc(C(=O)N2CCC3(CC2)Oc2ccccc2-n2c(F)ccc23)cc1. The van der Waals surface area contributed by atoms with Crippen LogP contribution in [0.2, 0.25) is 0 Å². The second-order valence-electron chi connectivity index (χ2n) is 8.85. The van der Waals surface area contributed by atoms with Gasteiger partial charge in [0.05, 0.1) is 21.5 Å². The van der Waals surface area contributed by atoms with Gasteiger partial charge in [-0.25, -0.2) is 8.42 Å². The van der Waals surface area contributed by atoms with Crippen molar-refractivity contribution in [3.8, 4) is 11.4 Å². The van der Waals surface area contributed by atoms with E-state index in [1.807, 2.05) is 24.3 Å². The normalized spacial score (nSPS) is 16.9. The highest BCUT2D eigenvalue weighted by Gasteiger charge is 2.45. The third-order valence-electron chi connectivity index (χ3n) is 6.62. The minimum Gasteiger partial charge on any atom is -0.479 e. The van der Waals surface area contributed by atoms with E-state index in [0.717, 1.165) is 5.69 Å². The molecule has 1 aromatic heterocycles. The highest BCUT2D eigenvalue weighted by atomic mass is 32.2. The Morgan fingerprint density at radius 1 is 1.00 bits per heavy atom. The molecule has 0 radical (unpaired) electrons. The van der Waals surface area contributed by atoms with Gasteiger partial charge in [0.1, 0.15) is 5.75 Å². The number of hydrogen-bond donors (Lipinski definition) is 0. The predicted molar refractivity (Wildman–Crippen MR) is 122 cm³/mol. The fourth-order valence-electron chi connectivity index (χ4n) is 4.67. The fourth-order valence-corrected chi connectivity index (χ4v) is 5.73. The number of hydrogen-bond acceptors (Lipinski definition) is 4. The average molecular weight is 469 g/mol. The molecule has 0 N–H and O–H groups in total. The number of likely N-dealkylation sites (tertiary alicyclic amines) is 1. The third-order valence-corrected chi connectivity index (χ3v) is 8.79. The van der Waals surface area contributed by atoms with E-state index in [0.29, 0.717) is 42.9 Å². The maximum atomic E-state index is 14.6. The number of nitrogens with zero attached hydrogens (tertiary/aromatic N) is 2. The van der Waals surface area contributed by atoms with Gasteiger partial charge in [-0.2, -0.15) is 4.39 Å². The van der Waals surface area contributed by atoms with Crippen LogP contribution in [0.1, 0.15) is 42.7 Å². The second kappa shape index (κ2) is 7.73. The van der Waals surface area contributed by atoms with Gasteiger partial charge in [-0.15, -0.1) is 0 Å². The van der Waals surface area contributed by atoms with Crippen LogP contribution in [0.4, 0.5) is 4.39 Å². The van der Waals surface area contributed by atoms with Crippen LogP contribution >= 0.6 is 0 Å². The molecule has 2 aromatic carbocycles. The molecule has 2 aliphatic heterocycles. The highest BCUT2D eigenvalue weighted by molar-refractivity contribution is 7.92. The van der Waals surface area contributed by atoms with Gasteiger partial charge in [0.2, 0.25) is 0 Å². The molecular weight excluding hydrogens is 443 g/mol. The monoisotopic (exact) mass is 468 g/mol. The van der Waals surface area contributed by atoms with Crippen LogP contribution < -0.4 is 4.74 Å². The number of fused-ring (bicyclic) bond motifs is 4. The Labute approximate surface area is 192 Å². The molecular formula is C25H25FN2O4S. The Morgan fingerprint density at radius 2 is 1.67 bits per heavy atom. The number of carbonyl (C=O) groups is 1. The van der Waals surface area contributed by atoms with Crippen LogP contribution in [0, 0.1) is 5.95 Å². The quantitative estimate of drug-likeness (QED) is 0.574. The van der Waals surface area contributed by atoms with Crippen molar-refractivity contribution in [3.63, 3.8) is 0 Å². The van der Waals surface area contributed by atoms with Crippen LogP contribution in [-0.4, -0.2) is 42.1 Å². The Balaban J connectivity index is 1.36. The number of ether oxygens (including phenoxy) is 1. The topological polar surface area (TPSA) is 68.6 Å². The largest absolute Gasteiger partial charge is 0.479 e. The number of piperidine rings is 1. The minimum atomic E-state index is -3.39. The van der Waals surface area contributed by atoms with Gasteiger partial charge < -0.3 is 9.64 Å². The summed E-state index contributed by atoms with van der Waals surface area (Å²) in [5.74, 6) is 0.132. The van der Waals surface area contributed by atoms with E-state index in [1.54, 1.807) is 41.5 Å². The number of rotatable bonds is 3. The molecule has 1 saturated heterocycles. The van der Waals surface area contributed by atoms with Gasteiger partial charge in [-0.3, -0.25) is 9.36 Å². The lowest BCUT2D eigenvalue weighted by molar-refractivity contribution is -0.0102. The molecule has 3 aromatic rings. The molecule has 0 bridgehead atoms. The molecule has 5 rings (SSSR count). The van der Waals surface area contributed by atoms with Gasteiger partial charge in [-0.1, -0.05) is 12.1 Å². The first kappa shape index (κ1) is 21.7. The van der Waals surface area contributed by atoms with Gasteiger partial charge in [-0.05, 0) is 62.4 Å². The van der Waals surface area contributed by atoms with E-state index >= 15 is 0 Å². The number of para-hydroxylation sites is 2. The van der Waals surface area contributed by atoms with Crippen LogP contribution in [0.25, 0.3) is 5.69 Å². The predicted octanol–water partition coefficient (Wildman–Crippen LogP) is 4.32. The lowest BCUT2D eigenvalue weighted by atomic mass is 9.86. The summed E-state index contributed by atoms with van der Waals surface area (Å²) in [5, 5.41) is -0.526. The van der Waals surface area contributed by atoms with Crippen molar-refractivity contribution in [2.24, 2.45) is 0 Å². The summed E-state index contributed by atoms with van der Waals surface area (Å²) < 4.78 is 47.3. The van der Waals surface area contributed by atoms with E-state index in [4.69, 9.17) is 4.74 Å². The van der Waals surface area contributed by atoms with E-state index < -0.39 is 20.7 Å². The molecule has 1 fully saturated rings. The van der Waals surface area contributed by atoms with Crippen molar-refractivity contribution in [3.05, 3.63) is 77.9 Å². The Morgan fingerprint density at radius 3 is 2.33 bits per heavy atom. The first-order chi connectivity index (χ1) is 15.7. The molecule has 1 spiro atoms. The van der Waals surface area contributed by atoms with Crippen LogP contribution in [0.3, 0.4) is 0 Å². The molecule has 172 valence electrons. The third kappa shape index (κ3) is 3.44. The van der Waals surface area contributed by atoms with Crippen LogP contribution in [0.5, 0.6) is 5.75 Å². The van der Waals surface area contributed by atoms with Gasteiger partial charge >= 0.3 is 0 Å². The molecule has 6 nitrogen and oxygen atoms in total. The number of sulfone groups is 1. The molecule has 1 amide bonds. The first-order valence-corrected chi connectivity index (χ1v) is 12.6. The lowest BCUT2D eigenvalue weighted by Gasteiger charge is -2.45. The van der Waals surface area contributed by atoms with E-state index in [1.165, 1.54) is 18.2 Å². The number of benzene rings is 2. The maximum absolute atomic E-state index is 14.6. The summed E-state index contributed by atoms with van der Waals surface area (Å²) in [5.41, 5.74) is 1.17. The van der Waals surface area contributed by atoms with Crippen LogP contribution in [0.15, 0.2) is 65.6 Å². The second-order valence-corrected chi connectivity index (χ2v) is 11.4. The van der Waals surface area contributed by atoms with Gasteiger partial charge in [0, 0.05) is 31.5 Å². The van der Waals surface area contributed by atoms with E-state index in [2.05, 4.69) is 0 Å². The van der Waals surface area contributed by atoms with Crippen LogP contribution in [-0.2, 0) is 15.4 Å². The van der Waals surface area contributed by atoms with Crippen molar-refractivity contribution < 1.29 is 22.3 Å². The summed E-state index contributed by atoms with van der Waals surface area (Å²) in [6.07, 6.45) is 1.05. The molecule has 0 unspecified atom stereocenters. The average Bonchev–Trinajstić information content (AvgIpc) is 3.22. The van der Waals surface area contributed by atoms with Crippen molar-refractivity contribution in [2.75, 3.05) is 13.1 Å². The molecule has 2 aliphatic rings. The molecule has 0 aliphatic carbocycles. The smallest absolute Gasteiger partial charge is 0.253 e. The summed E-state index contributed by atoms with van der Waals surface area (Å²) in [4.78, 5) is 15.0. The zero-order valence-corrected chi connectivity index (χ0v) is 19.3. The summed E-state index contributed by atoms with van der Waals surface area (Å²) in [6, 6.07) is 16.7. The number of carbonyl (C=O) groups excluding carboxylic acids is 1. The van der Waals surface area contributed by atoms with Crippen molar-refractivity contribution >= 4 is 15.7 Å². The minimum absolute atomic E-state index is 0.156. The zero-order valence-electron chi connectivity index (χ0n) is 18.5. The van der Waals surface area contributed by atoms with E-state index in [9.17, 15) is 17.6 Å².